The Morgan fingerprint density at radius 2 is 2.19 bits per heavy atom. The van der Waals surface area contributed by atoms with Crippen LogP contribution in [-0.2, 0) is 4.74 Å². The van der Waals surface area contributed by atoms with Crippen LogP contribution in [0.5, 0.6) is 11.8 Å². The van der Waals surface area contributed by atoms with Gasteiger partial charge >= 0.3 is 12.0 Å². The number of para-hydroxylation sites is 1. The Labute approximate surface area is 120 Å². The summed E-state index contributed by atoms with van der Waals surface area (Å²) in [5.41, 5.74) is 6.36. The first-order chi connectivity index (χ1) is 10.0. The topological polar surface area (TPSA) is 87.3 Å². The normalized spacial score (nSPS) is 10.2. The molecule has 1 heterocycles. The zero-order chi connectivity index (χ0) is 15.4. The molecule has 0 aliphatic rings. The second-order valence-corrected chi connectivity index (χ2v) is 4.13. The van der Waals surface area contributed by atoms with Gasteiger partial charge in [-0.1, -0.05) is 6.07 Å². The van der Waals surface area contributed by atoms with Crippen molar-refractivity contribution in [2.24, 2.45) is 0 Å². The SMILES string of the molecule is CCOC(=O)c1cnc(Oc2c(N)cccc2F)nc1C. The van der Waals surface area contributed by atoms with Gasteiger partial charge in [-0.3, -0.25) is 0 Å². The van der Waals surface area contributed by atoms with Crippen LogP contribution in [0.15, 0.2) is 24.4 Å². The minimum Gasteiger partial charge on any atom is -0.462 e. The number of hydrogen-bond acceptors (Lipinski definition) is 6. The maximum absolute atomic E-state index is 13.6. The fourth-order valence-corrected chi connectivity index (χ4v) is 1.63. The van der Waals surface area contributed by atoms with Crippen LogP contribution in [0.3, 0.4) is 0 Å². The highest BCUT2D eigenvalue weighted by molar-refractivity contribution is 5.90. The molecule has 0 bridgehead atoms. The molecule has 0 amide bonds. The Hall–Kier alpha value is -2.70. The third kappa shape index (κ3) is 3.25. The average Bonchev–Trinajstić information content (AvgIpc) is 2.43. The summed E-state index contributed by atoms with van der Waals surface area (Å²) in [6, 6.07) is 4.08. The number of esters is 1. The first-order valence-electron chi connectivity index (χ1n) is 6.25. The molecule has 0 unspecified atom stereocenters. The van der Waals surface area contributed by atoms with Gasteiger partial charge in [-0.15, -0.1) is 0 Å². The van der Waals surface area contributed by atoms with E-state index in [-0.39, 0.29) is 29.6 Å². The van der Waals surface area contributed by atoms with Gasteiger partial charge in [-0.2, -0.15) is 4.98 Å². The molecular formula is C14H14FN3O3. The van der Waals surface area contributed by atoms with Crippen LogP contribution in [0.4, 0.5) is 10.1 Å². The van der Waals surface area contributed by atoms with Crippen molar-refractivity contribution in [3.05, 3.63) is 41.5 Å². The Kier molecular flexibility index (Phi) is 4.32. The van der Waals surface area contributed by atoms with E-state index in [2.05, 4.69) is 9.97 Å². The summed E-state index contributed by atoms with van der Waals surface area (Å²) in [7, 11) is 0. The summed E-state index contributed by atoms with van der Waals surface area (Å²) in [6.45, 7) is 3.56. The van der Waals surface area contributed by atoms with Crippen molar-refractivity contribution in [3.8, 4) is 11.8 Å². The number of nitrogens with two attached hydrogens (primary N) is 1. The van der Waals surface area contributed by atoms with Crippen molar-refractivity contribution < 1.29 is 18.7 Å². The van der Waals surface area contributed by atoms with Gasteiger partial charge in [0.15, 0.2) is 11.6 Å². The minimum atomic E-state index is -0.620. The lowest BCUT2D eigenvalue weighted by Gasteiger charge is -2.09. The van der Waals surface area contributed by atoms with E-state index in [0.29, 0.717) is 5.69 Å². The molecule has 0 saturated carbocycles. The molecule has 1 aromatic carbocycles. The minimum absolute atomic E-state index is 0.0997. The summed E-state index contributed by atoms with van der Waals surface area (Å²) in [4.78, 5) is 19.5. The maximum atomic E-state index is 13.6. The summed E-state index contributed by atoms with van der Waals surface area (Å²) >= 11 is 0. The molecule has 0 saturated heterocycles. The molecule has 2 aromatic rings. The number of carbonyl (C=O) groups excluding carboxylic acids is 1. The summed E-state index contributed by atoms with van der Waals surface area (Å²) in [5.74, 6) is -1.29. The molecule has 0 aliphatic heterocycles. The van der Waals surface area contributed by atoms with E-state index in [4.69, 9.17) is 15.2 Å². The third-order valence-corrected chi connectivity index (χ3v) is 2.64. The molecule has 0 fully saturated rings. The highest BCUT2D eigenvalue weighted by Crippen LogP contribution is 2.28. The first kappa shape index (κ1) is 14.7. The number of hydrogen-bond donors (Lipinski definition) is 1. The Morgan fingerprint density at radius 3 is 2.81 bits per heavy atom. The van der Waals surface area contributed by atoms with Gasteiger partial charge in [0.2, 0.25) is 0 Å². The van der Waals surface area contributed by atoms with Crippen molar-refractivity contribution in [1.29, 1.82) is 0 Å². The van der Waals surface area contributed by atoms with Gasteiger partial charge in [0.25, 0.3) is 0 Å². The van der Waals surface area contributed by atoms with Crippen LogP contribution in [0.1, 0.15) is 23.0 Å². The van der Waals surface area contributed by atoms with Crippen LogP contribution in [0.25, 0.3) is 0 Å². The van der Waals surface area contributed by atoms with E-state index in [0.717, 1.165) is 0 Å². The van der Waals surface area contributed by atoms with E-state index in [1.54, 1.807) is 13.8 Å². The number of benzene rings is 1. The lowest BCUT2D eigenvalue weighted by Crippen LogP contribution is -2.09. The van der Waals surface area contributed by atoms with Gasteiger partial charge in [-0.25, -0.2) is 14.2 Å². The zero-order valence-electron chi connectivity index (χ0n) is 11.6. The molecule has 6 nitrogen and oxygen atoms in total. The Morgan fingerprint density at radius 1 is 1.43 bits per heavy atom. The number of ether oxygens (including phenoxy) is 2. The smallest absolute Gasteiger partial charge is 0.341 e. The fraction of sp³-hybridized carbons (Fsp3) is 0.214. The number of aryl methyl sites for hydroxylation is 1. The van der Waals surface area contributed by atoms with Gasteiger partial charge in [0.05, 0.1) is 23.6 Å². The number of halogens is 1. The molecule has 21 heavy (non-hydrogen) atoms. The van der Waals surface area contributed by atoms with Crippen LogP contribution in [0.2, 0.25) is 0 Å². The van der Waals surface area contributed by atoms with E-state index in [1.807, 2.05) is 0 Å². The molecule has 0 atom stereocenters. The van der Waals surface area contributed by atoms with E-state index in [1.165, 1.54) is 24.4 Å². The van der Waals surface area contributed by atoms with Gasteiger partial charge in [0, 0.05) is 6.20 Å². The first-order valence-corrected chi connectivity index (χ1v) is 6.25. The number of aromatic nitrogens is 2. The molecule has 0 radical (unpaired) electrons. The maximum Gasteiger partial charge on any atom is 0.341 e. The summed E-state index contributed by atoms with van der Waals surface area (Å²) in [5, 5.41) is 0. The van der Waals surface area contributed by atoms with Crippen LogP contribution in [-0.4, -0.2) is 22.5 Å². The number of rotatable bonds is 4. The lowest BCUT2D eigenvalue weighted by atomic mass is 10.2. The number of nitrogen functional groups attached to an aromatic ring is 1. The zero-order valence-corrected chi connectivity index (χ0v) is 11.6. The Bertz CT molecular complexity index is 656. The number of anilines is 1. The van der Waals surface area contributed by atoms with E-state index < -0.39 is 11.8 Å². The number of carbonyl (C=O) groups is 1. The number of nitrogens with zero attached hydrogens (tertiary/aromatic N) is 2. The highest BCUT2D eigenvalue weighted by Gasteiger charge is 2.15. The fourth-order valence-electron chi connectivity index (χ4n) is 1.63. The Balaban J connectivity index is 2.27. The molecule has 0 aliphatic carbocycles. The monoisotopic (exact) mass is 291 g/mol. The van der Waals surface area contributed by atoms with Gasteiger partial charge < -0.3 is 15.2 Å². The van der Waals surface area contributed by atoms with E-state index >= 15 is 0 Å². The molecule has 2 N–H and O–H groups in total. The summed E-state index contributed by atoms with van der Waals surface area (Å²) in [6.07, 6.45) is 1.27. The van der Waals surface area contributed by atoms with Crippen LogP contribution in [0, 0.1) is 12.7 Å². The van der Waals surface area contributed by atoms with Crippen molar-refractivity contribution in [2.75, 3.05) is 12.3 Å². The van der Waals surface area contributed by atoms with Gasteiger partial charge in [0.1, 0.15) is 0 Å². The average molecular weight is 291 g/mol. The summed E-state index contributed by atoms with van der Waals surface area (Å²) < 4.78 is 23.7. The molecule has 110 valence electrons. The van der Waals surface area contributed by atoms with Crippen molar-refractivity contribution >= 4 is 11.7 Å². The third-order valence-electron chi connectivity index (χ3n) is 2.64. The quantitative estimate of drug-likeness (QED) is 0.687. The second-order valence-electron chi connectivity index (χ2n) is 4.13. The van der Waals surface area contributed by atoms with Gasteiger partial charge in [-0.05, 0) is 26.0 Å². The molecular weight excluding hydrogens is 277 g/mol. The largest absolute Gasteiger partial charge is 0.462 e. The van der Waals surface area contributed by atoms with E-state index in [9.17, 15) is 9.18 Å². The van der Waals surface area contributed by atoms with Crippen molar-refractivity contribution in [3.63, 3.8) is 0 Å². The molecule has 7 heteroatoms. The molecule has 2 rings (SSSR count). The predicted molar refractivity (Wildman–Crippen MR) is 73.6 cm³/mol. The molecule has 1 aromatic heterocycles. The lowest BCUT2D eigenvalue weighted by molar-refractivity contribution is 0.0524. The van der Waals surface area contributed by atoms with Crippen LogP contribution < -0.4 is 10.5 Å². The second kappa shape index (κ2) is 6.17. The molecule has 0 spiro atoms. The van der Waals surface area contributed by atoms with Crippen molar-refractivity contribution in [1.82, 2.24) is 9.97 Å². The predicted octanol–water partition coefficient (Wildman–Crippen LogP) is 2.48. The standard InChI is InChI=1S/C14H14FN3O3/c1-3-20-13(19)9-7-17-14(18-8(9)2)21-12-10(15)5-4-6-11(12)16/h4-7H,3,16H2,1-2H3. The van der Waals surface area contributed by atoms with Crippen molar-refractivity contribution in [2.45, 2.75) is 13.8 Å². The highest BCUT2D eigenvalue weighted by atomic mass is 19.1. The van der Waals surface area contributed by atoms with Crippen LogP contribution >= 0.6 is 0 Å².